The zero-order valence-electron chi connectivity index (χ0n) is 12.2. The first kappa shape index (κ1) is 15.7. The first-order chi connectivity index (χ1) is 9.17. The molecule has 0 spiro atoms. The van der Waals surface area contributed by atoms with E-state index in [4.69, 9.17) is 0 Å². The van der Waals surface area contributed by atoms with Gasteiger partial charge < -0.3 is 10.6 Å². The van der Waals surface area contributed by atoms with E-state index in [2.05, 4.69) is 52.0 Å². The highest BCUT2D eigenvalue weighted by Gasteiger charge is 2.05. The Hall–Kier alpha value is -1.36. The van der Waals surface area contributed by atoms with Crippen molar-refractivity contribution in [2.24, 2.45) is 4.99 Å². The molecule has 0 bridgehead atoms. The molecule has 0 aliphatic rings. The fourth-order valence-electron chi connectivity index (χ4n) is 1.49. The summed E-state index contributed by atoms with van der Waals surface area (Å²) in [5.41, 5.74) is 1.16. The smallest absolute Gasteiger partial charge is 0.191 e. The van der Waals surface area contributed by atoms with E-state index >= 15 is 0 Å². The molecule has 5 heteroatoms. The lowest BCUT2D eigenvalue weighted by Gasteiger charge is -2.09. The van der Waals surface area contributed by atoms with E-state index in [-0.39, 0.29) is 0 Å². The normalized spacial score (nSPS) is 12.4. The topological polar surface area (TPSA) is 49.3 Å². The van der Waals surface area contributed by atoms with Crippen molar-refractivity contribution in [3.63, 3.8) is 0 Å². The number of rotatable bonds is 6. The highest BCUT2D eigenvalue weighted by molar-refractivity contribution is 7.09. The van der Waals surface area contributed by atoms with Gasteiger partial charge in [-0.05, 0) is 19.3 Å². The molecule has 106 valence electrons. The van der Waals surface area contributed by atoms with E-state index in [1.54, 1.807) is 18.4 Å². The molecule has 0 amide bonds. The minimum absolute atomic E-state index is 0.489. The molecular formula is C14H24N4S. The number of thiazole rings is 1. The lowest BCUT2D eigenvalue weighted by atomic mass is 10.2. The number of aromatic nitrogens is 1. The van der Waals surface area contributed by atoms with Crippen LogP contribution in [0.2, 0.25) is 0 Å². The number of guanidine groups is 1. The van der Waals surface area contributed by atoms with Crippen molar-refractivity contribution in [1.82, 2.24) is 15.6 Å². The molecule has 0 radical (unpaired) electrons. The van der Waals surface area contributed by atoms with Gasteiger partial charge in [-0.15, -0.1) is 11.3 Å². The molecule has 1 heterocycles. The Balaban J connectivity index is 2.36. The van der Waals surface area contributed by atoms with Gasteiger partial charge in [0.2, 0.25) is 0 Å². The summed E-state index contributed by atoms with van der Waals surface area (Å²) >= 11 is 1.69. The molecule has 19 heavy (non-hydrogen) atoms. The van der Waals surface area contributed by atoms with Crippen LogP contribution < -0.4 is 10.6 Å². The second kappa shape index (κ2) is 8.69. The van der Waals surface area contributed by atoms with Gasteiger partial charge in [0.05, 0.1) is 12.2 Å². The minimum Gasteiger partial charge on any atom is -0.356 e. The number of nitrogens with zero attached hydrogens (tertiary/aromatic N) is 2. The van der Waals surface area contributed by atoms with E-state index in [0.717, 1.165) is 36.2 Å². The van der Waals surface area contributed by atoms with Crippen LogP contribution in [-0.4, -0.2) is 24.5 Å². The predicted octanol–water partition coefficient (Wildman–Crippen LogP) is 2.90. The summed E-state index contributed by atoms with van der Waals surface area (Å²) in [6.07, 6.45) is 5.20. The highest BCUT2D eigenvalue weighted by Crippen LogP contribution is 2.17. The van der Waals surface area contributed by atoms with E-state index in [9.17, 15) is 0 Å². The molecular weight excluding hydrogens is 256 g/mol. The third-order valence-corrected chi connectivity index (χ3v) is 3.50. The third-order valence-electron chi connectivity index (χ3n) is 2.63. The molecule has 1 aromatic heterocycles. The largest absolute Gasteiger partial charge is 0.356 e. The maximum absolute atomic E-state index is 4.59. The van der Waals surface area contributed by atoms with Gasteiger partial charge in [-0.25, -0.2) is 4.98 Å². The molecule has 0 saturated carbocycles. The molecule has 2 N–H and O–H groups in total. The van der Waals surface area contributed by atoms with Gasteiger partial charge in [-0.3, -0.25) is 4.99 Å². The van der Waals surface area contributed by atoms with Gasteiger partial charge in [-0.1, -0.05) is 26.0 Å². The zero-order valence-corrected chi connectivity index (χ0v) is 13.0. The lowest BCUT2D eigenvalue weighted by Crippen LogP contribution is -2.37. The highest BCUT2D eigenvalue weighted by atomic mass is 32.1. The van der Waals surface area contributed by atoms with Crippen LogP contribution in [0.4, 0.5) is 0 Å². The Labute approximate surface area is 120 Å². The molecule has 0 fully saturated rings. The van der Waals surface area contributed by atoms with Gasteiger partial charge in [0.15, 0.2) is 5.96 Å². The molecule has 1 aromatic rings. The van der Waals surface area contributed by atoms with Crippen molar-refractivity contribution in [3.05, 3.63) is 28.2 Å². The molecule has 0 unspecified atom stereocenters. The molecule has 1 rings (SSSR count). The summed E-state index contributed by atoms with van der Waals surface area (Å²) in [7, 11) is 1.78. The van der Waals surface area contributed by atoms with Gasteiger partial charge in [0.25, 0.3) is 0 Å². The summed E-state index contributed by atoms with van der Waals surface area (Å²) in [5.74, 6) is 1.31. The maximum Gasteiger partial charge on any atom is 0.191 e. The van der Waals surface area contributed by atoms with Crippen LogP contribution in [0.5, 0.6) is 0 Å². The van der Waals surface area contributed by atoms with Crippen molar-refractivity contribution in [1.29, 1.82) is 0 Å². The van der Waals surface area contributed by atoms with E-state index in [0.29, 0.717) is 5.92 Å². The SMILES string of the molecule is C/C=C/CCNC(=NC)NCc1nc(C(C)C)cs1. The summed E-state index contributed by atoms with van der Waals surface area (Å²) in [6.45, 7) is 7.96. The van der Waals surface area contributed by atoms with Crippen LogP contribution in [0, 0.1) is 0 Å². The van der Waals surface area contributed by atoms with Crippen molar-refractivity contribution in [2.75, 3.05) is 13.6 Å². The molecule has 4 nitrogen and oxygen atoms in total. The van der Waals surface area contributed by atoms with Crippen molar-refractivity contribution in [2.45, 2.75) is 39.7 Å². The number of hydrogen-bond donors (Lipinski definition) is 2. The van der Waals surface area contributed by atoms with Gasteiger partial charge >= 0.3 is 0 Å². The summed E-state index contributed by atoms with van der Waals surface area (Å²) in [5, 5.41) is 9.77. The first-order valence-electron chi connectivity index (χ1n) is 6.67. The van der Waals surface area contributed by atoms with Crippen molar-refractivity contribution >= 4 is 17.3 Å². The third kappa shape index (κ3) is 5.87. The number of allylic oxidation sites excluding steroid dienone is 1. The molecule has 0 aromatic carbocycles. The molecule has 0 saturated heterocycles. The van der Waals surface area contributed by atoms with E-state index in [1.807, 2.05) is 6.92 Å². The monoisotopic (exact) mass is 280 g/mol. The fraction of sp³-hybridized carbons (Fsp3) is 0.571. The van der Waals surface area contributed by atoms with Crippen LogP contribution in [0.15, 0.2) is 22.5 Å². The van der Waals surface area contributed by atoms with Crippen LogP contribution in [0.3, 0.4) is 0 Å². The maximum atomic E-state index is 4.59. The number of hydrogen-bond acceptors (Lipinski definition) is 3. The van der Waals surface area contributed by atoms with E-state index < -0.39 is 0 Å². The van der Waals surface area contributed by atoms with Crippen LogP contribution in [-0.2, 0) is 6.54 Å². The van der Waals surface area contributed by atoms with Crippen LogP contribution >= 0.6 is 11.3 Å². The minimum atomic E-state index is 0.489. The Morgan fingerprint density at radius 3 is 2.84 bits per heavy atom. The van der Waals surface area contributed by atoms with Crippen LogP contribution in [0.1, 0.15) is 43.8 Å². The molecule has 0 atom stereocenters. The van der Waals surface area contributed by atoms with Gasteiger partial charge in [0, 0.05) is 19.0 Å². The van der Waals surface area contributed by atoms with E-state index in [1.165, 1.54) is 0 Å². The summed E-state index contributed by atoms with van der Waals surface area (Å²) in [4.78, 5) is 8.78. The Bertz CT molecular complexity index is 421. The predicted molar refractivity (Wildman–Crippen MR) is 83.8 cm³/mol. The zero-order chi connectivity index (χ0) is 14.1. The summed E-state index contributed by atoms with van der Waals surface area (Å²) in [6, 6.07) is 0. The Morgan fingerprint density at radius 2 is 2.26 bits per heavy atom. The number of aliphatic imine (C=N–C) groups is 1. The molecule has 0 aliphatic heterocycles. The molecule has 0 aliphatic carbocycles. The second-order valence-electron chi connectivity index (χ2n) is 4.53. The Kier molecular flexibility index (Phi) is 7.18. The van der Waals surface area contributed by atoms with Crippen molar-refractivity contribution < 1.29 is 0 Å². The fourth-order valence-corrected chi connectivity index (χ4v) is 2.39. The number of nitrogens with one attached hydrogen (secondary N) is 2. The van der Waals surface area contributed by atoms with Gasteiger partial charge in [-0.2, -0.15) is 0 Å². The van der Waals surface area contributed by atoms with Crippen molar-refractivity contribution in [3.8, 4) is 0 Å². The average Bonchev–Trinajstić information content (AvgIpc) is 2.87. The summed E-state index contributed by atoms with van der Waals surface area (Å²) < 4.78 is 0. The second-order valence-corrected chi connectivity index (χ2v) is 5.47. The average molecular weight is 280 g/mol. The van der Waals surface area contributed by atoms with Gasteiger partial charge in [0.1, 0.15) is 5.01 Å². The standard InChI is InChI=1S/C14H24N4S/c1-5-6-7-8-16-14(15-4)17-9-13-18-12(10-19-13)11(2)3/h5-6,10-11H,7-9H2,1-4H3,(H2,15,16,17)/b6-5+. The quantitative estimate of drug-likeness (QED) is 0.364. The lowest BCUT2D eigenvalue weighted by molar-refractivity contribution is 0.783. The first-order valence-corrected chi connectivity index (χ1v) is 7.55. The van der Waals surface area contributed by atoms with Crippen LogP contribution in [0.25, 0.3) is 0 Å². The Morgan fingerprint density at radius 1 is 1.47 bits per heavy atom.